The summed E-state index contributed by atoms with van der Waals surface area (Å²) in [6.45, 7) is 8.07. The second-order valence-corrected chi connectivity index (χ2v) is 8.27. The van der Waals surface area contributed by atoms with E-state index in [4.69, 9.17) is 4.74 Å². The summed E-state index contributed by atoms with van der Waals surface area (Å²) in [6, 6.07) is 20.2. The average Bonchev–Trinajstić information content (AvgIpc) is 2.73. The highest BCUT2D eigenvalue weighted by Crippen LogP contribution is 2.48. The molecule has 2 aromatic rings. The number of rotatable bonds is 4. The molecule has 2 aromatic carbocycles. The number of carbonyl (C=O) groups excluding carboxylic acids is 1. The Labute approximate surface area is 177 Å². The van der Waals surface area contributed by atoms with Crippen LogP contribution in [-0.4, -0.2) is 11.9 Å². The maximum Gasteiger partial charge on any atom is 0.161 e. The number of nitriles is 1. The first-order chi connectivity index (χ1) is 14.5. The number of hydrogen-bond acceptors (Lipinski definition) is 4. The van der Waals surface area contributed by atoms with Crippen LogP contribution in [0.15, 0.2) is 78.1 Å². The van der Waals surface area contributed by atoms with E-state index in [1.807, 2.05) is 56.3 Å². The molecule has 30 heavy (non-hydrogen) atoms. The molecule has 0 spiro atoms. The van der Waals surface area contributed by atoms with E-state index in [1.54, 1.807) is 0 Å². The molecule has 4 heteroatoms. The van der Waals surface area contributed by atoms with Crippen molar-refractivity contribution in [2.45, 2.75) is 44.6 Å². The molecule has 3 unspecified atom stereocenters. The normalized spacial score (nSPS) is 23.6. The quantitative estimate of drug-likeness (QED) is 0.767. The highest BCUT2D eigenvalue weighted by molar-refractivity contribution is 6.00. The summed E-state index contributed by atoms with van der Waals surface area (Å²) in [4.78, 5) is 13.4. The molecule has 0 bridgehead atoms. The van der Waals surface area contributed by atoms with Crippen molar-refractivity contribution in [1.82, 2.24) is 5.32 Å². The van der Waals surface area contributed by atoms with Gasteiger partial charge in [-0.1, -0.05) is 55.1 Å². The molecule has 2 aliphatic rings. The molecule has 0 saturated heterocycles. The van der Waals surface area contributed by atoms with Crippen molar-refractivity contribution in [3.63, 3.8) is 0 Å². The SMILES string of the molecule is C=C1NC2=C(C(=O)CC(c3ccccc3)C2)C(c2ccccc2OC(C)C)C1C#N. The fraction of sp³-hybridized carbons (Fsp3) is 0.308. The van der Waals surface area contributed by atoms with Gasteiger partial charge in [0.25, 0.3) is 0 Å². The van der Waals surface area contributed by atoms with E-state index in [9.17, 15) is 10.1 Å². The lowest BCUT2D eigenvalue weighted by atomic mass is 9.69. The Balaban J connectivity index is 1.81. The summed E-state index contributed by atoms with van der Waals surface area (Å²) < 4.78 is 6.04. The van der Waals surface area contributed by atoms with E-state index >= 15 is 0 Å². The zero-order valence-electron chi connectivity index (χ0n) is 17.4. The molecule has 1 aliphatic heterocycles. The standard InChI is InChI=1S/C26H26N2O2/c1-16(2)30-24-12-8-7-11-20(24)25-21(15-27)17(3)28-22-13-19(14-23(29)26(22)25)18-9-5-4-6-10-18/h4-12,16,19,21,25,28H,3,13-14H2,1-2H3. The maximum atomic E-state index is 13.4. The molecule has 3 atom stereocenters. The van der Waals surface area contributed by atoms with Crippen molar-refractivity contribution in [2.24, 2.45) is 5.92 Å². The van der Waals surface area contributed by atoms with Crippen LogP contribution in [0, 0.1) is 17.2 Å². The monoisotopic (exact) mass is 398 g/mol. The molecule has 0 amide bonds. The van der Waals surface area contributed by atoms with Gasteiger partial charge in [-0.05, 0) is 37.8 Å². The molecule has 1 aliphatic carbocycles. The molecule has 4 nitrogen and oxygen atoms in total. The van der Waals surface area contributed by atoms with Crippen LogP contribution < -0.4 is 10.1 Å². The number of ketones is 1. The highest BCUT2D eigenvalue weighted by atomic mass is 16.5. The topological polar surface area (TPSA) is 62.1 Å². The molecule has 0 radical (unpaired) electrons. The lowest BCUT2D eigenvalue weighted by Crippen LogP contribution is -2.38. The molecule has 1 heterocycles. The maximum absolute atomic E-state index is 13.4. The van der Waals surface area contributed by atoms with Crippen LogP contribution in [0.5, 0.6) is 5.75 Å². The van der Waals surface area contributed by atoms with Gasteiger partial charge in [-0.2, -0.15) is 5.26 Å². The molecule has 0 fully saturated rings. The first kappa shape index (κ1) is 20.0. The van der Waals surface area contributed by atoms with Crippen molar-refractivity contribution < 1.29 is 9.53 Å². The fourth-order valence-electron chi connectivity index (χ4n) is 4.60. The first-order valence-corrected chi connectivity index (χ1v) is 10.4. The fourth-order valence-corrected chi connectivity index (χ4v) is 4.60. The molecule has 152 valence electrons. The van der Waals surface area contributed by atoms with E-state index in [-0.39, 0.29) is 23.7 Å². The van der Waals surface area contributed by atoms with Crippen molar-refractivity contribution in [3.8, 4) is 11.8 Å². The predicted molar refractivity (Wildman–Crippen MR) is 117 cm³/mol. The number of ether oxygens (including phenoxy) is 1. The number of nitrogens with zero attached hydrogens (tertiary/aromatic N) is 1. The van der Waals surface area contributed by atoms with Crippen molar-refractivity contribution in [1.29, 1.82) is 5.26 Å². The molecule has 0 saturated carbocycles. The summed E-state index contributed by atoms with van der Waals surface area (Å²) in [5.74, 6) is 0.0296. The third-order valence-corrected chi connectivity index (χ3v) is 5.87. The third-order valence-electron chi connectivity index (χ3n) is 5.87. The van der Waals surface area contributed by atoms with Crippen LogP contribution in [0.4, 0.5) is 0 Å². The Kier molecular flexibility index (Phi) is 5.46. The number of nitrogens with one attached hydrogen (secondary N) is 1. The molecule has 4 rings (SSSR count). The minimum Gasteiger partial charge on any atom is -0.491 e. The van der Waals surface area contributed by atoms with Crippen molar-refractivity contribution in [3.05, 3.63) is 89.3 Å². The summed E-state index contributed by atoms with van der Waals surface area (Å²) in [5, 5.41) is 13.3. The predicted octanol–water partition coefficient (Wildman–Crippen LogP) is 5.21. The van der Waals surface area contributed by atoms with Crippen LogP contribution in [-0.2, 0) is 4.79 Å². The minimum absolute atomic E-state index is 0.00503. The van der Waals surface area contributed by atoms with Crippen molar-refractivity contribution in [2.75, 3.05) is 0 Å². The molecule has 0 aromatic heterocycles. The van der Waals surface area contributed by atoms with Gasteiger partial charge in [0.15, 0.2) is 5.78 Å². The van der Waals surface area contributed by atoms with Gasteiger partial charge in [-0.25, -0.2) is 0 Å². The van der Waals surface area contributed by atoms with Crippen LogP contribution in [0.3, 0.4) is 0 Å². The number of carbonyl (C=O) groups is 1. The number of Topliss-reactive ketones (excluding diaryl/α,β-unsaturated/α-hetero) is 1. The Hall–Kier alpha value is -3.32. The van der Waals surface area contributed by atoms with E-state index in [0.29, 0.717) is 17.7 Å². The Morgan fingerprint density at radius 1 is 1.10 bits per heavy atom. The Morgan fingerprint density at radius 2 is 1.80 bits per heavy atom. The van der Waals surface area contributed by atoms with Gasteiger partial charge in [0.2, 0.25) is 0 Å². The number of allylic oxidation sites excluding steroid dienone is 3. The van der Waals surface area contributed by atoms with Crippen LogP contribution in [0.2, 0.25) is 0 Å². The molecular formula is C26H26N2O2. The molecule has 1 N–H and O–H groups in total. The summed E-state index contributed by atoms with van der Waals surface area (Å²) in [5.41, 5.74) is 4.27. The van der Waals surface area contributed by atoms with Crippen LogP contribution in [0.1, 0.15) is 49.7 Å². The van der Waals surface area contributed by atoms with Crippen LogP contribution in [0.25, 0.3) is 0 Å². The summed E-state index contributed by atoms with van der Waals surface area (Å²) in [6.07, 6.45) is 1.17. The highest BCUT2D eigenvalue weighted by Gasteiger charge is 2.43. The lowest BCUT2D eigenvalue weighted by Gasteiger charge is -2.39. The van der Waals surface area contributed by atoms with E-state index in [1.165, 1.54) is 0 Å². The van der Waals surface area contributed by atoms with E-state index < -0.39 is 5.92 Å². The zero-order valence-corrected chi connectivity index (χ0v) is 17.4. The first-order valence-electron chi connectivity index (χ1n) is 10.4. The average molecular weight is 399 g/mol. The largest absolute Gasteiger partial charge is 0.491 e. The van der Waals surface area contributed by atoms with Crippen LogP contribution >= 0.6 is 0 Å². The van der Waals surface area contributed by atoms with Gasteiger partial charge < -0.3 is 10.1 Å². The van der Waals surface area contributed by atoms with Gasteiger partial charge in [0.05, 0.1) is 18.1 Å². The Bertz CT molecular complexity index is 1050. The number of benzene rings is 2. The number of para-hydroxylation sites is 1. The van der Waals surface area contributed by atoms with Gasteiger partial charge in [-0.15, -0.1) is 0 Å². The smallest absolute Gasteiger partial charge is 0.161 e. The van der Waals surface area contributed by atoms with Crippen molar-refractivity contribution >= 4 is 5.78 Å². The Morgan fingerprint density at radius 3 is 2.50 bits per heavy atom. The second-order valence-electron chi connectivity index (χ2n) is 8.27. The second kappa shape index (κ2) is 8.20. The number of hydrogen-bond donors (Lipinski definition) is 1. The van der Waals surface area contributed by atoms with E-state index in [2.05, 4.69) is 30.1 Å². The van der Waals surface area contributed by atoms with Gasteiger partial charge in [0, 0.05) is 34.9 Å². The van der Waals surface area contributed by atoms with Gasteiger partial charge >= 0.3 is 0 Å². The van der Waals surface area contributed by atoms with E-state index in [0.717, 1.165) is 29.0 Å². The molecular weight excluding hydrogens is 372 g/mol. The summed E-state index contributed by atoms with van der Waals surface area (Å²) in [7, 11) is 0. The third kappa shape index (κ3) is 3.64. The van der Waals surface area contributed by atoms with Gasteiger partial charge in [0.1, 0.15) is 5.75 Å². The summed E-state index contributed by atoms with van der Waals surface area (Å²) >= 11 is 0. The minimum atomic E-state index is -0.530. The lowest BCUT2D eigenvalue weighted by molar-refractivity contribution is -0.116. The van der Waals surface area contributed by atoms with Gasteiger partial charge in [-0.3, -0.25) is 4.79 Å². The zero-order chi connectivity index (χ0) is 21.3.